The molecule has 0 radical (unpaired) electrons. The number of hydrogen-bond acceptors (Lipinski definition) is 7. The molecule has 0 spiro atoms. The number of nitrogens with zero attached hydrogens (tertiary/aromatic N) is 4. The van der Waals surface area contributed by atoms with Crippen LogP contribution in [-0.2, 0) is 23.2 Å². The Kier molecular flexibility index (Phi) is 6.97. The van der Waals surface area contributed by atoms with Crippen molar-refractivity contribution in [3.8, 4) is 5.75 Å². The van der Waals surface area contributed by atoms with E-state index in [0.29, 0.717) is 39.3 Å². The largest absolute Gasteiger partial charge is 0.487 e. The standard InChI is InChI=1S/C23H24N4O5S/c28-27(29)21-5-3-6-23(16-21)33(30,31)26-14-12-25(13-15-26)17-19-7-9-22(10-8-19)32-18-20-4-1-2-11-24-20/h1-11,16H,12-15,17-18H2. The normalized spacial score (nSPS) is 15.3. The van der Waals surface area contributed by atoms with Gasteiger partial charge in [-0.1, -0.05) is 24.3 Å². The highest BCUT2D eigenvalue weighted by Crippen LogP contribution is 2.23. The third-order valence-corrected chi connectivity index (χ3v) is 7.33. The van der Waals surface area contributed by atoms with Crippen molar-refractivity contribution in [2.24, 2.45) is 0 Å². The number of pyridine rings is 1. The SMILES string of the molecule is O=[N+]([O-])c1cccc(S(=O)(=O)N2CCN(Cc3ccc(OCc4ccccn4)cc3)CC2)c1. The Morgan fingerprint density at radius 1 is 0.970 bits per heavy atom. The van der Waals surface area contributed by atoms with Gasteiger partial charge in [0.2, 0.25) is 10.0 Å². The average Bonchev–Trinajstić information content (AvgIpc) is 2.85. The van der Waals surface area contributed by atoms with E-state index in [1.54, 1.807) is 6.20 Å². The molecule has 2 heterocycles. The Labute approximate surface area is 192 Å². The van der Waals surface area contributed by atoms with E-state index in [4.69, 9.17) is 4.74 Å². The number of nitro groups is 1. The van der Waals surface area contributed by atoms with Crippen LogP contribution < -0.4 is 4.74 Å². The highest BCUT2D eigenvalue weighted by Gasteiger charge is 2.29. The zero-order valence-corrected chi connectivity index (χ0v) is 18.7. The van der Waals surface area contributed by atoms with Crippen LogP contribution >= 0.6 is 0 Å². The minimum absolute atomic E-state index is 0.0496. The molecular formula is C23H24N4O5S. The van der Waals surface area contributed by atoms with Gasteiger partial charge in [-0.3, -0.25) is 20.0 Å². The second-order valence-electron chi connectivity index (χ2n) is 7.69. The lowest BCUT2D eigenvalue weighted by molar-refractivity contribution is -0.385. The number of benzene rings is 2. The first-order valence-electron chi connectivity index (χ1n) is 10.5. The smallest absolute Gasteiger partial charge is 0.270 e. The zero-order valence-electron chi connectivity index (χ0n) is 17.9. The molecule has 0 atom stereocenters. The topological polar surface area (TPSA) is 106 Å². The van der Waals surface area contributed by atoms with Gasteiger partial charge in [-0.05, 0) is 35.9 Å². The summed E-state index contributed by atoms with van der Waals surface area (Å²) in [6.45, 7) is 2.91. The molecule has 0 aliphatic carbocycles. The van der Waals surface area contributed by atoms with Gasteiger partial charge in [0.25, 0.3) is 5.69 Å². The molecule has 2 aromatic carbocycles. The highest BCUT2D eigenvalue weighted by molar-refractivity contribution is 7.89. The Hall–Kier alpha value is -3.34. The van der Waals surface area contributed by atoms with Crippen LogP contribution in [0.25, 0.3) is 0 Å². The first-order chi connectivity index (χ1) is 15.9. The number of aromatic nitrogens is 1. The fourth-order valence-electron chi connectivity index (χ4n) is 3.62. The van der Waals surface area contributed by atoms with E-state index in [2.05, 4.69) is 9.88 Å². The summed E-state index contributed by atoms with van der Waals surface area (Å²) in [5.74, 6) is 0.761. The summed E-state index contributed by atoms with van der Waals surface area (Å²) in [5, 5.41) is 11.0. The fourth-order valence-corrected chi connectivity index (χ4v) is 5.09. The number of non-ortho nitro benzene ring substituents is 1. The molecule has 172 valence electrons. The van der Waals surface area contributed by atoms with E-state index in [1.807, 2.05) is 42.5 Å². The average molecular weight is 469 g/mol. The predicted molar refractivity (Wildman–Crippen MR) is 122 cm³/mol. The van der Waals surface area contributed by atoms with Gasteiger partial charge in [-0.2, -0.15) is 4.31 Å². The molecule has 0 unspecified atom stereocenters. The Morgan fingerprint density at radius 2 is 1.73 bits per heavy atom. The van der Waals surface area contributed by atoms with Crippen molar-refractivity contribution in [3.63, 3.8) is 0 Å². The summed E-state index contributed by atoms with van der Waals surface area (Å²) in [4.78, 5) is 16.8. The second kappa shape index (κ2) is 10.1. The van der Waals surface area contributed by atoms with Crippen LogP contribution in [0.5, 0.6) is 5.75 Å². The van der Waals surface area contributed by atoms with Gasteiger partial charge in [0.05, 0.1) is 15.5 Å². The summed E-state index contributed by atoms with van der Waals surface area (Å²) in [6, 6.07) is 18.7. The van der Waals surface area contributed by atoms with Gasteiger partial charge in [-0.25, -0.2) is 8.42 Å². The van der Waals surface area contributed by atoms with Crippen molar-refractivity contribution >= 4 is 15.7 Å². The van der Waals surface area contributed by atoms with Crippen LogP contribution in [0.1, 0.15) is 11.3 Å². The Morgan fingerprint density at radius 3 is 2.39 bits per heavy atom. The lowest BCUT2D eigenvalue weighted by atomic mass is 10.2. The maximum Gasteiger partial charge on any atom is 0.270 e. The lowest BCUT2D eigenvalue weighted by Gasteiger charge is -2.34. The van der Waals surface area contributed by atoms with Crippen molar-refractivity contribution in [1.82, 2.24) is 14.2 Å². The molecule has 0 bridgehead atoms. The summed E-state index contributed by atoms with van der Waals surface area (Å²) in [7, 11) is -3.77. The summed E-state index contributed by atoms with van der Waals surface area (Å²) < 4.78 is 32.9. The predicted octanol–water partition coefficient (Wildman–Crippen LogP) is 3.08. The maximum absolute atomic E-state index is 12.9. The first kappa shape index (κ1) is 22.8. The molecule has 3 aromatic rings. The molecule has 1 aliphatic rings. The van der Waals surface area contributed by atoms with Crippen LogP contribution in [0.15, 0.2) is 77.8 Å². The van der Waals surface area contributed by atoms with Crippen LogP contribution in [0.2, 0.25) is 0 Å². The molecule has 1 fully saturated rings. The molecule has 33 heavy (non-hydrogen) atoms. The van der Waals surface area contributed by atoms with Crippen LogP contribution in [0.4, 0.5) is 5.69 Å². The number of piperazine rings is 1. The number of rotatable bonds is 8. The molecule has 0 N–H and O–H groups in total. The minimum atomic E-state index is -3.77. The molecule has 4 rings (SSSR count). The molecule has 1 saturated heterocycles. The summed E-state index contributed by atoms with van der Waals surface area (Å²) >= 11 is 0. The molecule has 9 nitrogen and oxygen atoms in total. The first-order valence-corrected chi connectivity index (χ1v) is 11.9. The van der Waals surface area contributed by atoms with Crippen molar-refractivity contribution in [3.05, 3.63) is 94.3 Å². The highest BCUT2D eigenvalue weighted by atomic mass is 32.2. The second-order valence-corrected chi connectivity index (χ2v) is 9.63. The van der Waals surface area contributed by atoms with Gasteiger partial charge in [0.1, 0.15) is 12.4 Å². The molecule has 10 heteroatoms. The third kappa shape index (κ3) is 5.72. The van der Waals surface area contributed by atoms with Gasteiger partial charge in [0, 0.05) is 51.1 Å². The minimum Gasteiger partial charge on any atom is -0.487 e. The van der Waals surface area contributed by atoms with Gasteiger partial charge >= 0.3 is 0 Å². The third-order valence-electron chi connectivity index (χ3n) is 5.44. The maximum atomic E-state index is 12.9. The zero-order chi connectivity index (χ0) is 23.3. The lowest BCUT2D eigenvalue weighted by Crippen LogP contribution is -2.48. The van der Waals surface area contributed by atoms with Crippen molar-refractivity contribution in [1.29, 1.82) is 0 Å². The number of nitro benzene ring substituents is 1. The molecular weight excluding hydrogens is 444 g/mol. The van der Waals surface area contributed by atoms with Gasteiger partial charge in [-0.15, -0.1) is 0 Å². The summed E-state index contributed by atoms with van der Waals surface area (Å²) in [5.41, 5.74) is 1.73. The van der Waals surface area contributed by atoms with Crippen molar-refractivity contribution < 1.29 is 18.1 Å². The van der Waals surface area contributed by atoms with E-state index in [0.717, 1.165) is 23.1 Å². The molecule has 1 aliphatic heterocycles. The van der Waals surface area contributed by atoms with Crippen LogP contribution in [0.3, 0.4) is 0 Å². The Balaban J connectivity index is 1.30. The van der Waals surface area contributed by atoms with E-state index in [1.165, 1.54) is 22.5 Å². The fraction of sp³-hybridized carbons (Fsp3) is 0.261. The molecule has 0 amide bonds. The number of sulfonamides is 1. The van der Waals surface area contributed by atoms with Crippen LogP contribution in [0, 0.1) is 10.1 Å². The van der Waals surface area contributed by atoms with Gasteiger partial charge in [0.15, 0.2) is 0 Å². The van der Waals surface area contributed by atoms with E-state index >= 15 is 0 Å². The Bertz CT molecular complexity index is 1200. The molecule has 0 saturated carbocycles. The van der Waals surface area contributed by atoms with E-state index in [9.17, 15) is 18.5 Å². The summed E-state index contributed by atoms with van der Waals surface area (Å²) in [6.07, 6.45) is 1.73. The molecule has 1 aromatic heterocycles. The van der Waals surface area contributed by atoms with Crippen molar-refractivity contribution in [2.75, 3.05) is 26.2 Å². The van der Waals surface area contributed by atoms with E-state index < -0.39 is 14.9 Å². The van der Waals surface area contributed by atoms with Gasteiger partial charge < -0.3 is 4.74 Å². The van der Waals surface area contributed by atoms with Crippen molar-refractivity contribution in [2.45, 2.75) is 18.0 Å². The quantitative estimate of drug-likeness (QED) is 0.369. The number of hydrogen-bond donors (Lipinski definition) is 0. The van der Waals surface area contributed by atoms with E-state index in [-0.39, 0.29) is 10.6 Å². The monoisotopic (exact) mass is 468 g/mol. The number of ether oxygens (including phenoxy) is 1. The van der Waals surface area contributed by atoms with Crippen LogP contribution in [-0.4, -0.2) is 53.7 Å².